The monoisotopic (exact) mass is 426 g/mol. The fourth-order valence-corrected chi connectivity index (χ4v) is 3.13. The summed E-state index contributed by atoms with van der Waals surface area (Å²) in [7, 11) is 0. The molecule has 1 aliphatic rings. The van der Waals surface area contributed by atoms with E-state index in [-0.39, 0.29) is 38.0 Å². The molecule has 0 aromatic carbocycles. The molecule has 0 amide bonds. The molecule has 4 rings (SSSR count). The third kappa shape index (κ3) is 5.02. The van der Waals surface area contributed by atoms with Crippen LogP contribution in [-0.4, -0.2) is 57.0 Å². The van der Waals surface area contributed by atoms with E-state index >= 15 is 0 Å². The average molecular weight is 427 g/mol. The molecule has 0 radical (unpaired) electrons. The summed E-state index contributed by atoms with van der Waals surface area (Å²) in [4.78, 5) is 9.19. The van der Waals surface area contributed by atoms with Gasteiger partial charge in [-0.05, 0) is 31.5 Å². The van der Waals surface area contributed by atoms with Gasteiger partial charge in [0.15, 0.2) is 5.82 Å². The molecule has 1 atom stereocenters. The molecular weight excluding hydrogens is 403 g/mol. The van der Waals surface area contributed by atoms with E-state index in [1.54, 1.807) is 16.8 Å². The lowest BCUT2D eigenvalue weighted by Gasteiger charge is -2.24. The summed E-state index contributed by atoms with van der Waals surface area (Å²) in [5.41, 5.74) is 1.77. The van der Waals surface area contributed by atoms with Crippen LogP contribution in [0.1, 0.15) is 12.8 Å². The summed E-state index contributed by atoms with van der Waals surface area (Å²) in [6.07, 6.45) is 5.87. The van der Waals surface area contributed by atoms with E-state index in [9.17, 15) is 0 Å². The SMILES string of the molecule is Cl.Cl.OCCOc1cc(N[C@@H]2CCCNC2)nc(-c2cnn3ccccc23)n1. The van der Waals surface area contributed by atoms with Gasteiger partial charge in [-0.15, -0.1) is 24.8 Å². The van der Waals surface area contributed by atoms with Crippen LogP contribution in [0.2, 0.25) is 0 Å². The molecular formula is C18H24Cl2N6O2. The van der Waals surface area contributed by atoms with Crippen LogP contribution < -0.4 is 15.4 Å². The number of rotatable bonds is 6. The van der Waals surface area contributed by atoms with Crippen LogP contribution in [-0.2, 0) is 0 Å². The highest BCUT2D eigenvalue weighted by Gasteiger charge is 2.16. The Balaban J connectivity index is 0.00000140. The van der Waals surface area contributed by atoms with Gasteiger partial charge in [-0.3, -0.25) is 0 Å². The Morgan fingerprint density at radius 3 is 2.96 bits per heavy atom. The third-order valence-corrected chi connectivity index (χ3v) is 4.36. The standard InChI is InChI=1S/C18H22N6O2.2ClH/c25-8-9-26-17-10-16(21-13-4-3-6-19-11-13)22-18(23-17)14-12-20-24-7-2-1-5-15(14)24;;/h1-2,5,7,10,12-13,19,25H,3-4,6,8-9,11H2,(H,21,22,23);2*1H/t13-;;/m1../s1. The Morgan fingerprint density at radius 1 is 1.29 bits per heavy atom. The van der Waals surface area contributed by atoms with E-state index in [0.717, 1.165) is 37.0 Å². The van der Waals surface area contributed by atoms with Crippen molar-refractivity contribution in [2.45, 2.75) is 18.9 Å². The highest BCUT2D eigenvalue weighted by Crippen LogP contribution is 2.25. The molecule has 0 aliphatic carbocycles. The van der Waals surface area contributed by atoms with Gasteiger partial charge in [0.25, 0.3) is 0 Å². The number of pyridine rings is 1. The van der Waals surface area contributed by atoms with E-state index in [4.69, 9.17) is 9.84 Å². The lowest BCUT2D eigenvalue weighted by Crippen LogP contribution is -2.38. The molecule has 1 fully saturated rings. The van der Waals surface area contributed by atoms with Gasteiger partial charge in [-0.2, -0.15) is 10.1 Å². The second kappa shape index (κ2) is 10.4. The second-order valence-corrected chi connectivity index (χ2v) is 6.26. The van der Waals surface area contributed by atoms with Gasteiger partial charge >= 0.3 is 0 Å². The molecule has 3 aromatic rings. The maximum Gasteiger partial charge on any atom is 0.219 e. The van der Waals surface area contributed by atoms with Crippen LogP contribution in [0.25, 0.3) is 16.9 Å². The van der Waals surface area contributed by atoms with Gasteiger partial charge in [0.2, 0.25) is 5.88 Å². The van der Waals surface area contributed by atoms with E-state index in [1.165, 1.54) is 0 Å². The van der Waals surface area contributed by atoms with E-state index in [2.05, 4.69) is 25.7 Å². The quantitative estimate of drug-likeness (QED) is 0.555. The number of nitrogens with zero attached hydrogens (tertiary/aromatic N) is 4. The zero-order valence-electron chi connectivity index (χ0n) is 15.2. The molecule has 0 unspecified atom stereocenters. The zero-order valence-corrected chi connectivity index (χ0v) is 16.9. The first-order chi connectivity index (χ1) is 12.8. The lowest BCUT2D eigenvalue weighted by molar-refractivity contribution is 0.196. The lowest BCUT2D eigenvalue weighted by atomic mass is 10.1. The van der Waals surface area contributed by atoms with Gasteiger partial charge in [0, 0.05) is 24.8 Å². The van der Waals surface area contributed by atoms with Crippen molar-refractivity contribution in [3.8, 4) is 17.3 Å². The summed E-state index contributed by atoms with van der Waals surface area (Å²) in [6, 6.07) is 7.96. The van der Waals surface area contributed by atoms with Gasteiger partial charge in [-0.25, -0.2) is 9.50 Å². The molecule has 8 nitrogen and oxygen atoms in total. The summed E-state index contributed by atoms with van der Waals surface area (Å²) < 4.78 is 7.34. The van der Waals surface area contributed by atoms with Crippen LogP contribution in [0, 0.1) is 0 Å². The third-order valence-electron chi connectivity index (χ3n) is 4.36. The Morgan fingerprint density at radius 2 is 2.18 bits per heavy atom. The van der Waals surface area contributed by atoms with Gasteiger partial charge < -0.3 is 20.5 Å². The summed E-state index contributed by atoms with van der Waals surface area (Å²) in [6.45, 7) is 2.09. The first kappa shape index (κ1) is 22.2. The van der Waals surface area contributed by atoms with Gasteiger partial charge in [0.1, 0.15) is 12.4 Å². The number of hydrogen-bond acceptors (Lipinski definition) is 7. The number of aliphatic hydroxyl groups is 1. The van der Waals surface area contributed by atoms with Crippen LogP contribution in [0.4, 0.5) is 5.82 Å². The van der Waals surface area contributed by atoms with Crippen molar-refractivity contribution in [3.63, 3.8) is 0 Å². The van der Waals surface area contributed by atoms with E-state index in [1.807, 2.05) is 24.4 Å². The average Bonchev–Trinajstić information content (AvgIpc) is 3.11. The minimum absolute atomic E-state index is 0. The normalized spacial score (nSPS) is 16.1. The number of aromatic nitrogens is 4. The van der Waals surface area contributed by atoms with Crippen molar-refractivity contribution in [3.05, 3.63) is 36.7 Å². The fourth-order valence-electron chi connectivity index (χ4n) is 3.13. The molecule has 3 aromatic heterocycles. The van der Waals surface area contributed by atoms with E-state index < -0.39 is 0 Å². The Labute approximate surface area is 175 Å². The van der Waals surface area contributed by atoms with Crippen LogP contribution in [0.3, 0.4) is 0 Å². The number of halogens is 2. The van der Waals surface area contributed by atoms with Crippen LogP contribution in [0.15, 0.2) is 36.7 Å². The molecule has 1 saturated heterocycles. The smallest absolute Gasteiger partial charge is 0.219 e. The number of aliphatic hydroxyl groups excluding tert-OH is 1. The molecule has 1 aliphatic heterocycles. The van der Waals surface area contributed by atoms with Crippen molar-refractivity contribution < 1.29 is 9.84 Å². The number of hydrogen-bond donors (Lipinski definition) is 3. The molecule has 3 N–H and O–H groups in total. The van der Waals surface area contributed by atoms with Crippen molar-refractivity contribution in [2.75, 3.05) is 31.6 Å². The first-order valence-corrected chi connectivity index (χ1v) is 8.86. The number of fused-ring (bicyclic) bond motifs is 1. The van der Waals surface area contributed by atoms with Crippen molar-refractivity contribution >= 4 is 36.1 Å². The predicted octanol–water partition coefficient (Wildman–Crippen LogP) is 2.17. The molecule has 4 heterocycles. The maximum atomic E-state index is 9.05. The van der Waals surface area contributed by atoms with Gasteiger partial charge in [0.05, 0.1) is 23.9 Å². The van der Waals surface area contributed by atoms with E-state index in [0.29, 0.717) is 23.6 Å². The largest absolute Gasteiger partial charge is 0.475 e. The number of anilines is 1. The first-order valence-electron chi connectivity index (χ1n) is 8.86. The molecule has 152 valence electrons. The minimum atomic E-state index is -0.0641. The molecule has 10 heteroatoms. The molecule has 0 spiro atoms. The van der Waals surface area contributed by atoms with Crippen LogP contribution in [0.5, 0.6) is 5.88 Å². The number of nitrogens with one attached hydrogen (secondary N) is 2. The second-order valence-electron chi connectivity index (χ2n) is 6.26. The molecule has 28 heavy (non-hydrogen) atoms. The Hall–Kier alpha value is -2.13. The Kier molecular flexibility index (Phi) is 8.25. The highest BCUT2D eigenvalue weighted by molar-refractivity contribution is 5.85. The molecule has 0 bridgehead atoms. The minimum Gasteiger partial charge on any atom is -0.475 e. The topological polar surface area (TPSA) is 96.6 Å². The van der Waals surface area contributed by atoms with Crippen molar-refractivity contribution in [1.29, 1.82) is 0 Å². The predicted molar refractivity (Wildman–Crippen MR) is 113 cm³/mol. The zero-order chi connectivity index (χ0) is 17.8. The number of piperidine rings is 1. The summed E-state index contributed by atoms with van der Waals surface area (Å²) >= 11 is 0. The fraction of sp³-hybridized carbons (Fsp3) is 0.389. The summed E-state index contributed by atoms with van der Waals surface area (Å²) in [5, 5.41) is 20.3. The van der Waals surface area contributed by atoms with Crippen molar-refractivity contribution in [1.82, 2.24) is 24.9 Å². The van der Waals surface area contributed by atoms with Gasteiger partial charge in [-0.1, -0.05) is 6.07 Å². The molecule has 0 saturated carbocycles. The summed E-state index contributed by atoms with van der Waals surface area (Å²) in [5.74, 6) is 1.70. The highest BCUT2D eigenvalue weighted by atomic mass is 35.5. The number of ether oxygens (including phenoxy) is 1. The Bertz CT molecular complexity index is 885. The maximum absolute atomic E-state index is 9.05. The van der Waals surface area contributed by atoms with Crippen LogP contribution >= 0.6 is 24.8 Å². The van der Waals surface area contributed by atoms with Crippen molar-refractivity contribution in [2.24, 2.45) is 0 Å².